The van der Waals surface area contributed by atoms with Crippen LogP contribution in [0, 0.1) is 0 Å². The molecule has 0 aromatic rings. The maximum Gasteiger partial charge on any atom is 0.460 e. The van der Waals surface area contributed by atoms with E-state index in [1.54, 1.807) is 0 Å². The first-order valence-electron chi connectivity index (χ1n) is 9.13. The number of hydrogen-bond acceptors (Lipinski definition) is 6. The van der Waals surface area contributed by atoms with Crippen molar-refractivity contribution in [3.8, 4) is 0 Å². The minimum atomic E-state index is -6.90. The second kappa shape index (κ2) is 10.4. The molecule has 0 aliphatic carbocycles. The third kappa shape index (κ3) is 6.13. The first-order valence-corrected chi connectivity index (χ1v) is 9.13. The van der Waals surface area contributed by atoms with Gasteiger partial charge in [0.2, 0.25) is 0 Å². The number of hydrogen-bond donors (Lipinski definition) is 4. The van der Waals surface area contributed by atoms with Gasteiger partial charge in [0.1, 0.15) is 24.4 Å². The van der Waals surface area contributed by atoms with Crippen molar-refractivity contribution in [2.24, 2.45) is 0 Å². The quantitative estimate of drug-likeness (QED) is 0.266. The molecule has 0 unspecified atom stereocenters. The van der Waals surface area contributed by atoms with E-state index in [2.05, 4.69) is 0 Å². The zero-order valence-electron chi connectivity index (χ0n) is 15.8. The lowest BCUT2D eigenvalue weighted by molar-refractivity contribution is -0.396. The molecule has 0 aromatic carbocycles. The average molecular weight is 482 g/mol. The van der Waals surface area contributed by atoms with Gasteiger partial charge < -0.3 is 29.9 Å². The Hall–Kier alpha value is -0.870. The molecule has 1 fully saturated rings. The number of unbranched alkanes of at least 4 members (excludes halogenated alkanes) is 3. The SMILES string of the molecule is OC[C@H]1O[C@@H](OCCCCCCC(F)(F)C(F)(F)C(F)(F)C(F)(F)F)[C@H](O)[C@@H](O)[C@@H]1O. The van der Waals surface area contributed by atoms with E-state index < -0.39 is 74.1 Å². The highest BCUT2D eigenvalue weighted by Gasteiger charge is 2.81. The Morgan fingerprint density at radius 2 is 1.26 bits per heavy atom. The molecule has 6 nitrogen and oxygen atoms in total. The summed E-state index contributed by atoms with van der Waals surface area (Å²) in [6.07, 6.45) is -17.3. The first-order chi connectivity index (χ1) is 14.0. The molecule has 1 aliphatic rings. The maximum absolute atomic E-state index is 13.4. The van der Waals surface area contributed by atoms with Crippen LogP contribution in [-0.4, -0.2) is 88.3 Å². The van der Waals surface area contributed by atoms with Crippen LogP contribution in [0.1, 0.15) is 32.1 Å². The second-order valence-electron chi connectivity index (χ2n) is 7.08. The van der Waals surface area contributed by atoms with E-state index in [-0.39, 0.29) is 25.9 Å². The monoisotopic (exact) mass is 482 g/mol. The van der Waals surface area contributed by atoms with Gasteiger partial charge in [-0.2, -0.15) is 39.5 Å². The van der Waals surface area contributed by atoms with Gasteiger partial charge in [-0.05, 0) is 12.8 Å². The lowest BCUT2D eigenvalue weighted by atomic mass is 9.98. The summed E-state index contributed by atoms with van der Waals surface area (Å²) < 4.78 is 125. The largest absolute Gasteiger partial charge is 0.460 e. The van der Waals surface area contributed by atoms with Gasteiger partial charge >= 0.3 is 23.9 Å². The van der Waals surface area contributed by atoms with Crippen molar-refractivity contribution >= 4 is 0 Å². The van der Waals surface area contributed by atoms with Gasteiger partial charge in [0.25, 0.3) is 0 Å². The zero-order valence-corrected chi connectivity index (χ0v) is 15.8. The average Bonchev–Trinajstić information content (AvgIpc) is 2.65. The number of aliphatic hydroxyl groups excluding tert-OH is 4. The number of halogens is 9. The number of rotatable bonds is 11. The van der Waals surface area contributed by atoms with Gasteiger partial charge in [-0.25, -0.2) is 0 Å². The standard InChI is InChI=1S/C16H23F9O6/c17-13(18,14(19,20)15(21,22)16(23,24)25)5-3-1-2-4-6-30-12-11(29)10(28)9(27)8(7-26)31-12/h8-12,26-29H,1-7H2/t8-,9-,10+,11-,12-/m1/s1. The number of ether oxygens (including phenoxy) is 2. The highest BCUT2D eigenvalue weighted by Crippen LogP contribution is 2.54. The summed E-state index contributed by atoms with van der Waals surface area (Å²) in [5, 5.41) is 37.9. The smallest absolute Gasteiger partial charge is 0.394 e. The van der Waals surface area contributed by atoms with E-state index in [4.69, 9.17) is 14.6 Å². The first kappa shape index (κ1) is 28.2. The molecule has 31 heavy (non-hydrogen) atoms. The molecule has 0 bridgehead atoms. The molecule has 5 atom stereocenters. The van der Waals surface area contributed by atoms with E-state index in [1.807, 2.05) is 0 Å². The Bertz CT molecular complexity index is 558. The fourth-order valence-electron chi connectivity index (χ4n) is 2.77. The van der Waals surface area contributed by atoms with Crippen LogP contribution in [0.15, 0.2) is 0 Å². The van der Waals surface area contributed by atoms with Crippen LogP contribution in [0.2, 0.25) is 0 Å². The zero-order chi connectivity index (χ0) is 24.3. The maximum atomic E-state index is 13.4. The fraction of sp³-hybridized carbons (Fsp3) is 1.00. The number of aliphatic hydroxyl groups is 4. The second-order valence-corrected chi connectivity index (χ2v) is 7.08. The van der Waals surface area contributed by atoms with Crippen LogP contribution in [0.25, 0.3) is 0 Å². The van der Waals surface area contributed by atoms with Crippen molar-refractivity contribution in [3.63, 3.8) is 0 Å². The Labute approximate surface area is 170 Å². The van der Waals surface area contributed by atoms with Crippen molar-refractivity contribution in [3.05, 3.63) is 0 Å². The molecule has 0 spiro atoms. The third-order valence-corrected chi connectivity index (χ3v) is 4.73. The lowest BCUT2D eigenvalue weighted by Crippen LogP contribution is -2.60. The summed E-state index contributed by atoms with van der Waals surface area (Å²) in [6, 6.07) is 0. The summed E-state index contributed by atoms with van der Waals surface area (Å²) in [5.74, 6) is -19.1. The van der Waals surface area contributed by atoms with Gasteiger partial charge in [0, 0.05) is 13.0 Å². The van der Waals surface area contributed by atoms with Crippen LogP contribution in [0.5, 0.6) is 0 Å². The predicted octanol–water partition coefficient (Wildman–Crippen LogP) is 2.22. The highest BCUT2D eigenvalue weighted by atomic mass is 19.4. The van der Waals surface area contributed by atoms with Crippen molar-refractivity contribution in [1.82, 2.24) is 0 Å². The molecule has 4 N–H and O–H groups in total. The van der Waals surface area contributed by atoms with E-state index >= 15 is 0 Å². The molecule has 15 heteroatoms. The Morgan fingerprint density at radius 3 is 1.77 bits per heavy atom. The summed E-state index contributed by atoms with van der Waals surface area (Å²) in [4.78, 5) is 0. The predicted molar refractivity (Wildman–Crippen MR) is 83.7 cm³/mol. The van der Waals surface area contributed by atoms with Crippen LogP contribution in [0.3, 0.4) is 0 Å². The van der Waals surface area contributed by atoms with E-state index in [1.165, 1.54) is 0 Å². The topological polar surface area (TPSA) is 99.4 Å². The molecule has 0 aromatic heterocycles. The Morgan fingerprint density at radius 1 is 0.710 bits per heavy atom. The molecule has 1 rings (SSSR count). The molecular formula is C16H23F9O6. The molecule has 1 saturated heterocycles. The van der Waals surface area contributed by atoms with Gasteiger partial charge in [0.15, 0.2) is 6.29 Å². The molecule has 0 saturated carbocycles. The van der Waals surface area contributed by atoms with E-state index in [0.29, 0.717) is 0 Å². The molecule has 186 valence electrons. The van der Waals surface area contributed by atoms with Gasteiger partial charge in [0.05, 0.1) is 6.61 Å². The summed E-state index contributed by atoms with van der Waals surface area (Å²) in [5.41, 5.74) is 0. The molecular weight excluding hydrogens is 459 g/mol. The van der Waals surface area contributed by atoms with Gasteiger partial charge in [-0.3, -0.25) is 0 Å². The fourth-order valence-corrected chi connectivity index (χ4v) is 2.77. The van der Waals surface area contributed by atoms with Crippen molar-refractivity contribution in [2.75, 3.05) is 13.2 Å². The third-order valence-electron chi connectivity index (χ3n) is 4.73. The minimum absolute atomic E-state index is 0.0226. The molecule has 1 aliphatic heterocycles. The lowest BCUT2D eigenvalue weighted by Gasteiger charge is -2.39. The van der Waals surface area contributed by atoms with Gasteiger partial charge in [-0.15, -0.1) is 0 Å². The summed E-state index contributed by atoms with van der Waals surface area (Å²) in [7, 11) is 0. The molecule has 1 heterocycles. The number of alkyl halides is 9. The van der Waals surface area contributed by atoms with Crippen LogP contribution in [-0.2, 0) is 9.47 Å². The normalized spacial score (nSPS) is 28.7. The van der Waals surface area contributed by atoms with Crippen LogP contribution >= 0.6 is 0 Å². The van der Waals surface area contributed by atoms with Crippen molar-refractivity contribution in [1.29, 1.82) is 0 Å². The summed E-state index contributed by atoms with van der Waals surface area (Å²) in [6.45, 7) is -0.904. The molecule has 0 amide bonds. The van der Waals surface area contributed by atoms with Crippen molar-refractivity contribution in [2.45, 2.75) is 86.8 Å². The van der Waals surface area contributed by atoms with Crippen LogP contribution < -0.4 is 0 Å². The molecule has 0 radical (unpaired) electrons. The van der Waals surface area contributed by atoms with Crippen molar-refractivity contribution < 1.29 is 69.4 Å². The van der Waals surface area contributed by atoms with Crippen LogP contribution in [0.4, 0.5) is 39.5 Å². The van der Waals surface area contributed by atoms with E-state index in [9.17, 15) is 54.8 Å². The Balaban J connectivity index is 2.41. The summed E-state index contributed by atoms with van der Waals surface area (Å²) >= 11 is 0. The van der Waals surface area contributed by atoms with E-state index in [0.717, 1.165) is 0 Å². The Kier molecular flexibility index (Phi) is 9.43. The minimum Gasteiger partial charge on any atom is -0.394 e. The van der Waals surface area contributed by atoms with Gasteiger partial charge in [-0.1, -0.05) is 12.8 Å². The highest BCUT2D eigenvalue weighted by molar-refractivity contribution is 5.00.